The minimum Gasteiger partial charge on any atom is -0.369 e. The summed E-state index contributed by atoms with van der Waals surface area (Å²) in [6.45, 7) is 1.37. The normalized spacial score (nSPS) is 18.7. The second-order valence-corrected chi connectivity index (χ2v) is 5.95. The SMILES string of the molecule is NC(=O)C1CCCN(C(=S)Nc2ccc(Cl)c(Cl)c2)C1. The average molecular weight is 332 g/mol. The number of nitrogens with two attached hydrogens (primary N) is 1. The molecular weight excluding hydrogens is 317 g/mol. The lowest BCUT2D eigenvalue weighted by Crippen LogP contribution is -2.45. The summed E-state index contributed by atoms with van der Waals surface area (Å²) in [7, 11) is 0. The molecule has 1 aliphatic rings. The maximum atomic E-state index is 11.3. The molecule has 0 bridgehead atoms. The van der Waals surface area contributed by atoms with Crippen LogP contribution in [-0.4, -0.2) is 29.0 Å². The molecule has 0 spiro atoms. The van der Waals surface area contributed by atoms with Crippen LogP contribution in [0.15, 0.2) is 18.2 Å². The van der Waals surface area contributed by atoms with Gasteiger partial charge in [0.1, 0.15) is 0 Å². The van der Waals surface area contributed by atoms with Gasteiger partial charge in [-0.15, -0.1) is 0 Å². The Morgan fingerprint density at radius 2 is 2.15 bits per heavy atom. The Morgan fingerprint density at radius 1 is 1.40 bits per heavy atom. The maximum Gasteiger partial charge on any atom is 0.222 e. The number of anilines is 1. The summed E-state index contributed by atoms with van der Waals surface area (Å²) in [6.07, 6.45) is 1.72. The first-order chi connectivity index (χ1) is 9.47. The molecule has 1 fully saturated rings. The maximum absolute atomic E-state index is 11.3. The monoisotopic (exact) mass is 331 g/mol. The molecule has 1 saturated heterocycles. The molecule has 1 aliphatic heterocycles. The highest BCUT2D eigenvalue weighted by Gasteiger charge is 2.25. The number of halogens is 2. The largest absolute Gasteiger partial charge is 0.369 e. The topological polar surface area (TPSA) is 58.4 Å². The number of benzene rings is 1. The molecule has 4 nitrogen and oxygen atoms in total. The van der Waals surface area contributed by atoms with Crippen LogP contribution in [0, 0.1) is 5.92 Å². The summed E-state index contributed by atoms with van der Waals surface area (Å²) in [4.78, 5) is 13.2. The summed E-state index contributed by atoms with van der Waals surface area (Å²) in [6, 6.07) is 5.22. The van der Waals surface area contributed by atoms with Crippen LogP contribution < -0.4 is 11.1 Å². The van der Waals surface area contributed by atoms with Gasteiger partial charge in [-0.3, -0.25) is 4.79 Å². The Balaban J connectivity index is 2.00. The third kappa shape index (κ3) is 3.75. The van der Waals surface area contributed by atoms with Crippen molar-refractivity contribution in [1.82, 2.24) is 4.90 Å². The number of carbonyl (C=O) groups is 1. The minimum absolute atomic E-state index is 0.141. The van der Waals surface area contributed by atoms with Crippen molar-refractivity contribution in [3.63, 3.8) is 0 Å². The van der Waals surface area contributed by atoms with Crippen molar-refractivity contribution in [3.8, 4) is 0 Å². The van der Waals surface area contributed by atoms with Crippen LogP contribution in [-0.2, 0) is 4.79 Å². The molecule has 20 heavy (non-hydrogen) atoms. The standard InChI is InChI=1S/C13H15Cl2N3OS/c14-10-4-3-9(6-11(10)15)17-13(20)18-5-1-2-8(7-18)12(16)19/h3-4,6,8H,1-2,5,7H2,(H2,16,19)(H,17,20). The first-order valence-electron chi connectivity index (χ1n) is 6.27. The first-order valence-corrected chi connectivity index (χ1v) is 7.44. The molecule has 2 rings (SSSR count). The van der Waals surface area contributed by atoms with Gasteiger partial charge in [0, 0.05) is 18.8 Å². The van der Waals surface area contributed by atoms with Crippen molar-refractivity contribution < 1.29 is 4.79 Å². The predicted octanol–water partition coefficient (Wildman–Crippen LogP) is 2.89. The van der Waals surface area contributed by atoms with Gasteiger partial charge in [-0.05, 0) is 43.3 Å². The van der Waals surface area contributed by atoms with Crippen LogP contribution in [0.1, 0.15) is 12.8 Å². The molecule has 1 aromatic rings. The average Bonchev–Trinajstić information content (AvgIpc) is 2.43. The fourth-order valence-corrected chi connectivity index (χ4v) is 2.75. The zero-order chi connectivity index (χ0) is 14.7. The lowest BCUT2D eigenvalue weighted by molar-refractivity contribution is -0.122. The summed E-state index contributed by atoms with van der Waals surface area (Å²) in [5.74, 6) is -0.413. The minimum atomic E-state index is -0.271. The molecule has 1 aromatic carbocycles. The van der Waals surface area contributed by atoms with E-state index in [1.165, 1.54) is 0 Å². The molecule has 1 amide bonds. The fraction of sp³-hybridized carbons (Fsp3) is 0.385. The number of nitrogens with one attached hydrogen (secondary N) is 1. The zero-order valence-corrected chi connectivity index (χ0v) is 13.1. The lowest BCUT2D eigenvalue weighted by Gasteiger charge is -2.33. The van der Waals surface area contributed by atoms with Crippen molar-refractivity contribution in [2.45, 2.75) is 12.8 Å². The number of amides is 1. The number of carbonyl (C=O) groups excluding carboxylic acids is 1. The highest BCUT2D eigenvalue weighted by Crippen LogP contribution is 2.25. The van der Waals surface area contributed by atoms with E-state index < -0.39 is 0 Å². The van der Waals surface area contributed by atoms with Gasteiger partial charge in [-0.1, -0.05) is 23.2 Å². The van der Waals surface area contributed by atoms with Crippen molar-refractivity contribution in [2.24, 2.45) is 11.7 Å². The van der Waals surface area contributed by atoms with Crippen LogP contribution in [0.25, 0.3) is 0 Å². The van der Waals surface area contributed by atoms with Gasteiger partial charge < -0.3 is 16.0 Å². The molecule has 0 aliphatic carbocycles. The highest BCUT2D eigenvalue weighted by molar-refractivity contribution is 7.80. The quantitative estimate of drug-likeness (QED) is 0.818. The number of hydrogen-bond donors (Lipinski definition) is 2. The molecule has 7 heteroatoms. The van der Waals surface area contributed by atoms with Gasteiger partial charge in [0.15, 0.2) is 5.11 Å². The van der Waals surface area contributed by atoms with Gasteiger partial charge in [0.2, 0.25) is 5.91 Å². The zero-order valence-electron chi connectivity index (χ0n) is 10.7. The van der Waals surface area contributed by atoms with E-state index in [1.807, 2.05) is 4.90 Å². The van der Waals surface area contributed by atoms with Gasteiger partial charge in [0.05, 0.1) is 16.0 Å². The third-order valence-corrected chi connectivity index (χ3v) is 4.38. The predicted molar refractivity (Wildman–Crippen MR) is 86.2 cm³/mol. The van der Waals surface area contributed by atoms with E-state index >= 15 is 0 Å². The second kappa shape index (κ2) is 6.61. The Morgan fingerprint density at radius 3 is 2.80 bits per heavy atom. The molecule has 1 atom stereocenters. The Labute approximate surface area is 133 Å². The van der Waals surface area contributed by atoms with Crippen molar-refractivity contribution >= 4 is 52.1 Å². The molecule has 1 heterocycles. The van der Waals surface area contributed by atoms with Crippen LogP contribution >= 0.6 is 35.4 Å². The molecule has 0 radical (unpaired) electrons. The number of likely N-dealkylation sites (tertiary alicyclic amines) is 1. The van der Waals surface area contributed by atoms with E-state index in [9.17, 15) is 4.79 Å². The van der Waals surface area contributed by atoms with E-state index in [4.69, 9.17) is 41.2 Å². The van der Waals surface area contributed by atoms with Gasteiger partial charge in [-0.25, -0.2) is 0 Å². The molecule has 1 unspecified atom stereocenters. The molecule has 3 N–H and O–H groups in total. The van der Waals surface area contributed by atoms with Crippen molar-refractivity contribution in [3.05, 3.63) is 28.2 Å². The third-order valence-electron chi connectivity index (χ3n) is 3.28. The summed E-state index contributed by atoms with van der Waals surface area (Å²) >= 11 is 17.2. The number of primary amides is 1. The summed E-state index contributed by atoms with van der Waals surface area (Å²) in [5, 5.41) is 4.63. The molecule has 0 aromatic heterocycles. The second-order valence-electron chi connectivity index (χ2n) is 4.75. The van der Waals surface area contributed by atoms with Crippen LogP contribution in [0.3, 0.4) is 0 Å². The fourth-order valence-electron chi connectivity index (χ4n) is 2.17. The molecule has 108 valence electrons. The molecular formula is C13H15Cl2N3OS. The van der Waals surface area contributed by atoms with E-state index in [-0.39, 0.29) is 11.8 Å². The smallest absolute Gasteiger partial charge is 0.222 e. The van der Waals surface area contributed by atoms with Gasteiger partial charge >= 0.3 is 0 Å². The van der Waals surface area contributed by atoms with E-state index in [0.29, 0.717) is 21.7 Å². The Hall–Kier alpha value is -1.04. The number of piperidine rings is 1. The summed E-state index contributed by atoms with van der Waals surface area (Å²) < 4.78 is 0. The van der Waals surface area contributed by atoms with E-state index in [1.54, 1.807) is 18.2 Å². The number of thiocarbonyl (C=S) groups is 1. The van der Waals surface area contributed by atoms with Gasteiger partial charge in [0.25, 0.3) is 0 Å². The van der Waals surface area contributed by atoms with Crippen molar-refractivity contribution in [1.29, 1.82) is 0 Å². The van der Waals surface area contributed by atoms with Crippen molar-refractivity contribution in [2.75, 3.05) is 18.4 Å². The van der Waals surface area contributed by atoms with Crippen LogP contribution in [0.2, 0.25) is 10.0 Å². The number of nitrogens with zero attached hydrogens (tertiary/aromatic N) is 1. The number of rotatable bonds is 2. The molecule has 0 saturated carbocycles. The van der Waals surface area contributed by atoms with Crippen LogP contribution in [0.5, 0.6) is 0 Å². The summed E-state index contributed by atoms with van der Waals surface area (Å²) in [5.41, 5.74) is 6.13. The van der Waals surface area contributed by atoms with E-state index in [0.717, 1.165) is 25.1 Å². The first kappa shape index (κ1) is 15.4. The van der Waals surface area contributed by atoms with Crippen LogP contribution in [0.4, 0.5) is 5.69 Å². The lowest BCUT2D eigenvalue weighted by atomic mass is 9.98. The number of hydrogen-bond acceptors (Lipinski definition) is 2. The van der Waals surface area contributed by atoms with Gasteiger partial charge in [-0.2, -0.15) is 0 Å². The Bertz CT molecular complexity index is 538. The van der Waals surface area contributed by atoms with E-state index in [2.05, 4.69) is 5.32 Å². The Kier molecular flexibility index (Phi) is 5.07. The highest BCUT2D eigenvalue weighted by atomic mass is 35.5.